The highest BCUT2D eigenvalue weighted by Crippen LogP contribution is 2.13. The van der Waals surface area contributed by atoms with Gasteiger partial charge < -0.3 is 14.7 Å². The highest BCUT2D eigenvalue weighted by atomic mass is 16.5. The van der Waals surface area contributed by atoms with Crippen molar-refractivity contribution in [3.05, 3.63) is 71.9 Å². The molecule has 1 aliphatic heterocycles. The summed E-state index contributed by atoms with van der Waals surface area (Å²) >= 11 is 0. The average molecular weight is 408 g/mol. The molecule has 8 heteroatoms. The summed E-state index contributed by atoms with van der Waals surface area (Å²) in [6.07, 6.45) is 5.43. The fourth-order valence-electron chi connectivity index (χ4n) is 3.69. The predicted octanol–water partition coefficient (Wildman–Crippen LogP) is 2.20. The Kier molecular flexibility index (Phi) is 6.76. The van der Waals surface area contributed by atoms with E-state index in [1.165, 1.54) is 11.1 Å². The summed E-state index contributed by atoms with van der Waals surface area (Å²) in [6.45, 7) is 9.06. The Morgan fingerprint density at radius 1 is 1.07 bits per heavy atom. The van der Waals surface area contributed by atoms with Crippen LogP contribution in [-0.4, -0.2) is 63.4 Å². The van der Waals surface area contributed by atoms with Gasteiger partial charge in [0.15, 0.2) is 5.96 Å². The van der Waals surface area contributed by atoms with Crippen molar-refractivity contribution >= 4 is 5.96 Å². The first-order valence-electron chi connectivity index (χ1n) is 10.5. The van der Waals surface area contributed by atoms with Crippen molar-refractivity contribution in [1.82, 2.24) is 30.1 Å². The molecule has 0 radical (unpaired) electrons. The van der Waals surface area contributed by atoms with Crippen LogP contribution in [0.5, 0.6) is 0 Å². The first kappa shape index (κ1) is 20.2. The third-order valence-corrected chi connectivity index (χ3v) is 5.29. The molecule has 1 N–H and O–H groups in total. The third-order valence-electron chi connectivity index (χ3n) is 5.29. The van der Waals surface area contributed by atoms with Crippen molar-refractivity contribution in [2.75, 3.05) is 32.7 Å². The van der Waals surface area contributed by atoms with E-state index in [0.29, 0.717) is 6.54 Å². The second kappa shape index (κ2) is 10.1. The van der Waals surface area contributed by atoms with E-state index >= 15 is 0 Å². The zero-order valence-corrected chi connectivity index (χ0v) is 17.4. The Labute approximate surface area is 177 Å². The van der Waals surface area contributed by atoms with Crippen LogP contribution in [0.4, 0.5) is 0 Å². The number of aromatic nitrogens is 3. The van der Waals surface area contributed by atoms with E-state index in [1.54, 1.807) is 6.26 Å². The van der Waals surface area contributed by atoms with Gasteiger partial charge >= 0.3 is 0 Å². The Morgan fingerprint density at radius 3 is 2.60 bits per heavy atom. The monoisotopic (exact) mass is 407 g/mol. The Bertz CT molecular complexity index is 913. The van der Waals surface area contributed by atoms with Gasteiger partial charge in [-0.25, -0.2) is 4.99 Å². The predicted molar refractivity (Wildman–Crippen MR) is 116 cm³/mol. The summed E-state index contributed by atoms with van der Waals surface area (Å²) in [7, 11) is 0. The van der Waals surface area contributed by atoms with Gasteiger partial charge in [0.05, 0.1) is 18.8 Å². The van der Waals surface area contributed by atoms with Gasteiger partial charge in [-0.2, -0.15) is 5.10 Å². The molecule has 1 fully saturated rings. The molecule has 3 aromatic rings. The summed E-state index contributed by atoms with van der Waals surface area (Å²) < 4.78 is 6.89. The van der Waals surface area contributed by atoms with Gasteiger partial charge in [-0.05, 0) is 24.1 Å². The smallest absolute Gasteiger partial charge is 0.194 e. The van der Waals surface area contributed by atoms with Gasteiger partial charge in [-0.3, -0.25) is 9.58 Å². The van der Waals surface area contributed by atoms with E-state index in [-0.39, 0.29) is 0 Å². The van der Waals surface area contributed by atoms with E-state index in [9.17, 15) is 0 Å². The molecule has 1 aromatic carbocycles. The molecule has 0 atom stereocenters. The number of hydrogen-bond donors (Lipinski definition) is 1. The Balaban J connectivity index is 1.39. The Hall–Kier alpha value is -3.13. The molecule has 4 rings (SSSR count). The van der Waals surface area contributed by atoms with Crippen LogP contribution in [0.2, 0.25) is 0 Å². The number of nitrogens with zero attached hydrogens (tertiary/aromatic N) is 6. The van der Waals surface area contributed by atoms with Gasteiger partial charge in [0, 0.05) is 57.7 Å². The highest BCUT2D eigenvalue weighted by molar-refractivity contribution is 5.80. The minimum absolute atomic E-state index is 0.652. The number of benzene rings is 1. The van der Waals surface area contributed by atoms with Crippen molar-refractivity contribution in [3.63, 3.8) is 0 Å². The zero-order chi connectivity index (χ0) is 20.6. The molecule has 0 saturated carbocycles. The molecular weight excluding hydrogens is 378 g/mol. The van der Waals surface area contributed by atoms with Crippen molar-refractivity contribution in [2.45, 2.75) is 26.6 Å². The lowest BCUT2D eigenvalue weighted by atomic mass is 10.1. The van der Waals surface area contributed by atoms with E-state index in [1.807, 2.05) is 29.2 Å². The summed E-state index contributed by atoms with van der Waals surface area (Å²) in [4.78, 5) is 9.70. The van der Waals surface area contributed by atoms with E-state index < -0.39 is 0 Å². The van der Waals surface area contributed by atoms with Gasteiger partial charge in [0.25, 0.3) is 0 Å². The number of nitrogens with one attached hydrogen (secondary N) is 1. The maximum Gasteiger partial charge on any atom is 0.194 e. The SMILES string of the molecule is CCNC(=NCc1ccccc1Cn1cccn1)N1CCN(Cc2ccon2)CC1. The highest BCUT2D eigenvalue weighted by Gasteiger charge is 2.20. The lowest BCUT2D eigenvalue weighted by molar-refractivity contribution is 0.169. The molecule has 0 aliphatic carbocycles. The first-order valence-corrected chi connectivity index (χ1v) is 10.5. The number of guanidine groups is 1. The molecule has 158 valence electrons. The summed E-state index contributed by atoms with van der Waals surface area (Å²) in [5, 5.41) is 11.8. The molecule has 0 bridgehead atoms. The van der Waals surface area contributed by atoms with Crippen molar-refractivity contribution in [2.24, 2.45) is 4.99 Å². The fourth-order valence-corrected chi connectivity index (χ4v) is 3.69. The lowest BCUT2D eigenvalue weighted by Gasteiger charge is -2.36. The van der Waals surface area contributed by atoms with Crippen LogP contribution in [0.25, 0.3) is 0 Å². The fraction of sp³-hybridized carbons (Fsp3) is 0.409. The van der Waals surface area contributed by atoms with Crippen LogP contribution in [0.15, 0.2) is 64.6 Å². The van der Waals surface area contributed by atoms with Gasteiger partial charge in [-0.1, -0.05) is 29.4 Å². The van der Waals surface area contributed by atoms with Crippen LogP contribution >= 0.6 is 0 Å². The second-order valence-electron chi connectivity index (χ2n) is 7.40. The number of rotatable bonds is 7. The maximum atomic E-state index is 4.95. The lowest BCUT2D eigenvalue weighted by Crippen LogP contribution is -2.52. The Morgan fingerprint density at radius 2 is 1.90 bits per heavy atom. The quantitative estimate of drug-likeness (QED) is 0.478. The standard InChI is InChI=1S/C22H29N7O/c1-2-23-22(28-13-11-27(12-14-28)18-21-8-15-30-26-21)24-16-19-6-3-4-7-20(19)17-29-10-5-9-25-29/h3-10,15H,2,11-14,16-18H2,1H3,(H,23,24). The van der Waals surface area contributed by atoms with E-state index in [2.05, 4.69) is 56.6 Å². The largest absolute Gasteiger partial charge is 0.364 e. The molecule has 30 heavy (non-hydrogen) atoms. The van der Waals surface area contributed by atoms with Crippen LogP contribution in [-0.2, 0) is 19.6 Å². The average Bonchev–Trinajstić information content (AvgIpc) is 3.47. The molecule has 1 saturated heterocycles. The topological polar surface area (TPSA) is 74.7 Å². The summed E-state index contributed by atoms with van der Waals surface area (Å²) in [5.41, 5.74) is 3.46. The molecule has 8 nitrogen and oxygen atoms in total. The number of piperazine rings is 1. The maximum absolute atomic E-state index is 4.95. The van der Waals surface area contributed by atoms with E-state index in [0.717, 1.165) is 57.5 Å². The van der Waals surface area contributed by atoms with Gasteiger partial charge in [0.2, 0.25) is 0 Å². The zero-order valence-electron chi connectivity index (χ0n) is 17.4. The minimum Gasteiger partial charge on any atom is -0.364 e. The number of aliphatic imine (C=N–C) groups is 1. The normalized spacial score (nSPS) is 15.5. The minimum atomic E-state index is 0.652. The summed E-state index contributed by atoms with van der Waals surface area (Å²) in [6, 6.07) is 12.3. The van der Waals surface area contributed by atoms with E-state index in [4.69, 9.17) is 9.52 Å². The van der Waals surface area contributed by atoms with Gasteiger partial charge in [-0.15, -0.1) is 0 Å². The molecule has 1 aliphatic rings. The number of hydrogen-bond acceptors (Lipinski definition) is 5. The van der Waals surface area contributed by atoms with Crippen LogP contribution in [0.3, 0.4) is 0 Å². The van der Waals surface area contributed by atoms with Crippen LogP contribution < -0.4 is 5.32 Å². The molecular formula is C22H29N7O. The van der Waals surface area contributed by atoms with Crippen LogP contribution in [0.1, 0.15) is 23.7 Å². The first-order chi connectivity index (χ1) is 14.8. The van der Waals surface area contributed by atoms with Crippen molar-refractivity contribution in [3.8, 4) is 0 Å². The molecule has 2 aromatic heterocycles. The van der Waals surface area contributed by atoms with Crippen LogP contribution in [0, 0.1) is 0 Å². The third kappa shape index (κ3) is 5.27. The molecule has 0 unspecified atom stereocenters. The summed E-state index contributed by atoms with van der Waals surface area (Å²) in [5.74, 6) is 0.979. The molecule has 0 spiro atoms. The molecule has 3 heterocycles. The molecule has 0 amide bonds. The van der Waals surface area contributed by atoms with Gasteiger partial charge in [0.1, 0.15) is 6.26 Å². The second-order valence-corrected chi connectivity index (χ2v) is 7.40. The van der Waals surface area contributed by atoms with Crippen molar-refractivity contribution in [1.29, 1.82) is 0 Å². The van der Waals surface area contributed by atoms with Crippen molar-refractivity contribution < 1.29 is 4.52 Å².